The van der Waals surface area contributed by atoms with Crippen molar-refractivity contribution in [2.75, 3.05) is 19.7 Å². The van der Waals surface area contributed by atoms with E-state index in [0.717, 1.165) is 19.4 Å². The summed E-state index contributed by atoms with van der Waals surface area (Å²) in [6.45, 7) is 5.93. The van der Waals surface area contributed by atoms with Gasteiger partial charge < -0.3 is 15.8 Å². The van der Waals surface area contributed by atoms with Crippen molar-refractivity contribution in [3.05, 3.63) is 0 Å². The summed E-state index contributed by atoms with van der Waals surface area (Å²) in [5, 5.41) is 2.84. The van der Waals surface area contributed by atoms with Crippen molar-refractivity contribution in [1.82, 2.24) is 5.32 Å². The van der Waals surface area contributed by atoms with Gasteiger partial charge in [-0.25, -0.2) is 0 Å². The predicted molar refractivity (Wildman–Crippen MR) is 59.4 cm³/mol. The molecule has 2 atom stereocenters. The minimum atomic E-state index is -0.0805. The quantitative estimate of drug-likeness (QED) is 0.717. The molecule has 0 spiro atoms. The Morgan fingerprint density at radius 1 is 1.60 bits per heavy atom. The van der Waals surface area contributed by atoms with Gasteiger partial charge in [0.15, 0.2) is 0 Å². The summed E-state index contributed by atoms with van der Waals surface area (Å²) in [6.07, 6.45) is 2.50. The molecule has 0 radical (unpaired) electrons. The number of hydrogen-bond acceptors (Lipinski definition) is 3. The van der Waals surface area contributed by atoms with Gasteiger partial charge in [0.2, 0.25) is 5.91 Å². The third-order valence-electron chi connectivity index (χ3n) is 2.90. The average molecular weight is 214 g/mol. The van der Waals surface area contributed by atoms with Gasteiger partial charge in [0.25, 0.3) is 0 Å². The molecule has 1 rings (SSSR count). The molecule has 1 heterocycles. The van der Waals surface area contributed by atoms with Gasteiger partial charge in [-0.3, -0.25) is 4.79 Å². The molecule has 3 N–H and O–H groups in total. The van der Waals surface area contributed by atoms with E-state index < -0.39 is 0 Å². The summed E-state index contributed by atoms with van der Waals surface area (Å²) in [4.78, 5) is 11.1. The van der Waals surface area contributed by atoms with E-state index in [9.17, 15) is 4.79 Å². The molecule has 2 unspecified atom stereocenters. The molecule has 0 aliphatic carbocycles. The molecule has 1 fully saturated rings. The molecule has 4 nitrogen and oxygen atoms in total. The lowest BCUT2D eigenvalue weighted by Crippen LogP contribution is -2.42. The SMILES string of the molecule is CC(C)C1OCCCC1CNC(=O)CN. The number of carbonyl (C=O) groups excluding carboxylic acids is 1. The zero-order chi connectivity index (χ0) is 11.3. The number of nitrogens with one attached hydrogen (secondary N) is 1. The predicted octanol–water partition coefficient (Wildman–Crippen LogP) is 0.513. The molecule has 1 saturated heterocycles. The molecule has 1 aliphatic heterocycles. The van der Waals surface area contributed by atoms with Crippen LogP contribution in [0.1, 0.15) is 26.7 Å². The molecule has 0 aromatic rings. The molecule has 88 valence electrons. The van der Waals surface area contributed by atoms with E-state index in [-0.39, 0.29) is 18.6 Å². The van der Waals surface area contributed by atoms with E-state index in [1.54, 1.807) is 0 Å². The highest BCUT2D eigenvalue weighted by molar-refractivity contribution is 5.77. The van der Waals surface area contributed by atoms with E-state index in [1.807, 2.05) is 0 Å². The number of ether oxygens (including phenoxy) is 1. The zero-order valence-electron chi connectivity index (χ0n) is 9.66. The highest BCUT2D eigenvalue weighted by Crippen LogP contribution is 2.25. The van der Waals surface area contributed by atoms with Gasteiger partial charge in [-0.1, -0.05) is 13.8 Å². The lowest BCUT2D eigenvalue weighted by atomic mass is 9.87. The first-order valence-corrected chi connectivity index (χ1v) is 5.73. The van der Waals surface area contributed by atoms with Crippen LogP contribution >= 0.6 is 0 Å². The van der Waals surface area contributed by atoms with Crippen LogP contribution in [0.25, 0.3) is 0 Å². The minimum absolute atomic E-state index is 0.0694. The summed E-state index contributed by atoms with van der Waals surface area (Å²) >= 11 is 0. The van der Waals surface area contributed by atoms with Crippen LogP contribution in [0.4, 0.5) is 0 Å². The fourth-order valence-electron chi connectivity index (χ4n) is 2.14. The molecular formula is C11H22N2O2. The van der Waals surface area contributed by atoms with Crippen molar-refractivity contribution in [3.8, 4) is 0 Å². The van der Waals surface area contributed by atoms with Gasteiger partial charge in [0.1, 0.15) is 0 Å². The van der Waals surface area contributed by atoms with Crippen LogP contribution in [0, 0.1) is 11.8 Å². The molecule has 4 heteroatoms. The normalized spacial score (nSPS) is 26.7. The average Bonchev–Trinajstić information content (AvgIpc) is 2.26. The number of nitrogens with two attached hydrogens (primary N) is 1. The number of rotatable bonds is 4. The first-order chi connectivity index (χ1) is 7.15. The summed E-state index contributed by atoms with van der Waals surface area (Å²) < 4.78 is 5.74. The Bertz CT molecular complexity index is 207. The number of amides is 1. The maximum atomic E-state index is 11.1. The molecular weight excluding hydrogens is 192 g/mol. The molecule has 0 aromatic heterocycles. The van der Waals surface area contributed by atoms with Crippen molar-refractivity contribution in [2.24, 2.45) is 17.6 Å². The second-order valence-electron chi connectivity index (χ2n) is 4.49. The van der Waals surface area contributed by atoms with Crippen molar-refractivity contribution in [2.45, 2.75) is 32.8 Å². The second-order valence-corrected chi connectivity index (χ2v) is 4.49. The van der Waals surface area contributed by atoms with Gasteiger partial charge >= 0.3 is 0 Å². The van der Waals surface area contributed by atoms with Crippen LogP contribution in [0.5, 0.6) is 0 Å². The molecule has 0 aromatic carbocycles. The first-order valence-electron chi connectivity index (χ1n) is 5.73. The minimum Gasteiger partial charge on any atom is -0.378 e. The monoisotopic (exact) mass is 214 g/mol. The Morgan fingerprint density at radius 2 is 2.33 bits per heavy atom. The maximum absolute atomic E-state index is 11.1. The fraction of sp³-hybridized carbons (Fsp3) is 0.909. The van der Waals surface area contributed by atoms with Gasteiger partial charge in [-0.2, -0.15) is 0 Å². The molecule has 1 aliphatic rings. The lowest BCUT2D eigenvalue weighted by molar-refractivity contribution is -0.120. The van der Waals surface area contributed by atoms with E-state index >= 15 is 0 Å². The topological polar surface area (TPSA) is 64.3 Å². The van der Waals surface area contributed by atoms with E-state index in [2.05, 4.69) is 19.2 Å². The Labute approximate surface area is 91.5 Å². The highest BCUT2D eigenvalue weighted by atomic mass is 16.5. The zero-order valence-corrected chi connectivity index (χ0v) is 9.66. The largest absolute Gasteiger partial charge is 0.378 e. The van der Waals surface area contributed by atoms with Crippen LogP contribution < -0.4 is 11.1 Å². The van der Waals surface area contributed by atoms with Gasteiger partial charge in [0, 0.05) is 19.1 Å². The van der Waals surface area contributed by atoms with Gasteiger partial charge in [0.05, 0.1) is 12.6 Å². The molecule has 1 amide bonds. The third kappa shape index (κ3) is 3.80. The van der Waals surface area contributed by atoms with Crippen molar-refractivity contribution in [3.63, 3.8) is 0 Å². The van der Waals surface area contributed by atoms with Gasteiger partial charge in [-0.05, 0) is 18.8 Å². The van der Waals surface area contributed by atoms with Crippen molar-refractivity contribution < 1.29 is 9.53 Å². The summed E-state index contributed by atoms with van der Waals surface area (Å²) in [5.41, 5.74) is 5.24. The first kappa shape index (κ1) is 12.5. The van der Waals surface area contributed by atoms with Crippen LogP contribution in [-0.4, -0.2) is 31.7 Å². The maximum Gasteiger partial charge on any atom is 0.233 e. The number of hydrogen-bond donors (Lipinski definition) is 2. The fourth-order valence-corrected chi connectivity index (χ4v) is 2.14. The molecule has 0 bridgehead atoms. The van der Waals surface area contributed by atoms with Crippen LogP contribution in [-0.2, 0) is 9.53 Å². The van der Waals surface area contributed by atoms with Crippen molar-refractivity contribution >= 4 is 5.91 Å². The number of carbonyl (C=O) groups is 1. The highest BCUT2D eigenvalue weighted by Gasteiger charge is 2.28. The third-order valence-corrected chi connectivity index (χ3v) is 2.90. The standard InChI is InChI=1S/C11H22N2O2/c1-8(2)11-9(4-3-5-15-11)7-13-10(14)6-12/h8-9,11H,3-7,12H2,1-2H3,(H,13,14). The van der Waals surface area contributed by atoms with E-state index in [1.165, 1.54) is 0 Å². The molecule has 0 saturated carbocycles. The smallest absolute Gasteiger partial charge is 0.233 e. The Morgan fingerprint density at radius 3 is 2.93 bits per heavy atom. The summed E-state index contributed by atoms with van der Waals surface area (Å²) in [7, 11) is 0. The Hall–Kier alpha value is -0.610. The van der Waals surface area contributed by atoms with Crippen molar-refractivity contribution in [1.29, 1.82) is 0 Å². The van der Waals surface area contributed by atoms with E-state index in [4.69, 9.17) is 10.5 Å². The summed E-state index contributed by atoms with van der Waals surface area (Å²) in [5.74, 6) is 0.863. The lowest BCUT2D eigenvalue weighted by Gasteiger charge is -2.34. The van der Waals surface area contributed by atoms with Gasteiger partial charge in [-0.15, -0.1) is 0 Å². The van der Waals surface area contributed by atoms with Crippen LogP contribution in [0.3, 0.4) is 0 Å². The van der Waals surface area contributed by atoms with Crippen LogP contribution in [0.15, 0.2) is 0 Å². The van der Waals surface area contributed by atoms with Crippen LogP contribution in [0.2, 0.25) is 0 Å². The van der Waals surface area contributed by atoms with E-state index in [0.29, 0.717) is 18.4 Å². The molecule has 15 heavy (non-hydrogen) atoms. The Kier molecular flexibility index (Phi) is 5.05. The second kappa shape index (κ2) is 6.08. The Balaban J connectivity index is 2.39. The summed E-state index contributed by atoms with van der Waals surface area (Å²) in [6, 6.07) is 0.